The van der Waals surface area contributed by atoms with Gasteiger partial charge in [0.15, 0.2) is 0 Å². The summed E-state index contributed by atoms with van der Waals surface area (Å²) in [6.45, 7) is -0.573. The fraction of sp³-hybridized carbons (Fsp3) is 0.111. The van der Waals surface area contributed by atoms with Gasteiger partial charge in [-0.2, -0.15) is 5.10 Å². The van der Waals surface area contributed by atoms with Crippen LogP contribution in [0.5, 0.6) is 0 Å². The Morgan fingerprint density at radius 1 is 0.946 bits per heavy atom. The van der Waals surface area contributed by atoms with Gasteiger partial charge in [0.1, 0.15) is 6.54 Å². The molecule has 4 aromatic carbocycles. The molecule has 5 rings (SSSR count). The number of rotatable bonds is 8. The van der Waals surface area contributed by atoms with Crippen molar-refractivity contribution in [3.8, 4) is 0 Å². The zero-order valence-electron chi connectivity index (χ0n) is 19.6. The average molecular weight is 515 g/mol. The van der Waals surface area contributed by atoms with E-state index in [1.807, 2.05) is 18.2 Å². The molecule has 1 aliphatic rings. The molecule has 10 heteroatoms. The number of amides is 1. The van der Waals surface area contributed by atoms with Crippen molar-refractivity contribution >= 4 is 44.3 Å². The lowest BCUT2D eigenvalue weighted by Gasteiger charge is -2.23. The van der Waals surface area contributed by atoms with Crippen molar-refractivity contribution in [1.29, 1.82) is 0 Å². The molecule has 0 saturated heterocycles. The van der Waals surface area contributed by atoms with E-state index >= 15 is 0 Å². The molecule has 0 saturated carbocycles. The number of nitrogens with one attached hydrogen (secondary N) is 1. The van der Waals surface area contributed by atoms with Gasteiger partial charge in [-0.05, 0) is 59.0 Å². The number of nitro groups is 1. The van der Waals surface area contributed by atoms with Gasteiger partial charge in [0, 0.05) is 17.7 Å². The summed E-state index contributed by atoms with van der Waals surface area (Å²) in [5.41, 5.74) is 5.75. The minimum atomic E-state index is -4.14. The molecule has 0 spiro atoms. The molecule has 1 aliphatic carbocycles. The molecule has 0 radical (unpaired) electrons. The number of hydrogen-bond acceptors (Lipinski definition) is 6. The lowest BCUT2D eigenvalue weighted by molar-refractivity contribution is -0.384. The highest BCUT2D eigenvalue weighted by molar-refractivity contribution is 7.92. The number of nitro benzene ring substituents is 1. The summed E-state index contributed by atoms with van der Waals surface area (Å²) in [7, 11) is -4.14. The van der Waals surface area contributed by atoms with Crippen LogP contribution < -0.4 is 9.73 Å². The quantitative estimate of drug-likeness (QED) is 0.215. The maximum Gasteiger partial charge on any atom is 0.269 e. The SMILES string of the molecule is O=C(CN(c1ccc([N+](=O)[O-])cc1)S(=O)(=O)c1ccccc1)N/N=C\c1ccc2c3c(cccc13)CC2. The molecular formula is C27H22N4O5S. The number of hydrogen-bond donors (Lipinski definition) is 1. The van der Waals surface area contributed by atoms with Crippen LogP contribution in [0.3, 0.4) is 0 Å². The van der Waals surface area contributed by atoms with E-state index in [2.05, 4.69) is 22.7 Å². The van der Waals surface area contributed by atoms with Gasteiger partial charge in [-0.3, -0.25) is 19.2 Å². The number of hydrazone groups is 1. The smallest absolute Gasteiger partial charge is 0.269 e. The number of sulfonamides is 1. The second-order valence-electron chi connectivity index (χ2n) is 8.55. The first-order chi connectivity index (χ1) is 17.8. The molecule has 0 atom stereocenters. The van der Waals surface area contributed by atoms with E-state index in [-0.39, 0.29) is 16.3 Å². The van der Waals surface area contributed by atoms with Gasteiger partial charge in [0.25, 0.3) is 21.6 Å². The molecule has 0 unspecified atom stereocenters. The first-order valence-electron chi connectivity index (χ1n) is 11.5. The Balaban J connectivity index is 1.39. The molecule has 1 amide bonds. The molecule has 186 valence electrons. The summed E-state index contributed by atoms with van der Waals surface area (Å²) in [6.07, 6.45) is 3.54. The molecule has 37 heavy (non-hydrogen) atoms. The number of benzene rings is 4. The standard InChI is InChI=1S/C27H22N4O5S/c32-26(29-28-17-21-12-11-20-10-9-19-5-4-8-25(21)27(19)20)18-30(22-13-15-23(16-14-22)31(33)34)37(35,36)24-6-2-1-3-7-24/h1-8,11-17H,9-10,18H2,(H,29,32)/b28-17-. The van der Waals surface area contributed by atoms with E-state index in [1.54, 1.807) is 24.4 Å². The number of aryl methyl sites for hydroxylation is 2. The maximum atomic E-state index is 13.4. The van der Waals surface area contributed by atoms with E-state index in [9.17, 15) is 23.3 Å². The van der Waals surface area contributed by atoms with Crippen molar-refractivity contribution in [3.05, 3.63) is 112 Å². The van der Waals surface area contributed by atoms with E-state index in [1.165, 1.54) is 52.9 Å². The maximum absolute atomic E-state index is 13.4. The summed E-state index contributed by atoms with van der Waals surface area (Å²) in [4.78, 5) is 23.2. The third-order valence-electron chi connectivity index (χ3n) is 6.27. The second kappa shape index (κ2) is 9.82. The van der Waals surface area contributed by atoms with Crippen LogP contribution in [0.25, 0.3) is 10.8 Å². The van der Waals surface area contributed by atoms with Crippen molar-refractivity contribution in [2.24, 2.45) is 5.10 Å². The molecule has 0 bridgehead atoms. The molecule has 0 aromatic heterocycles. The normalized spacial score (nSPS) is 12.6. The van der Waals surface area contributed by atoms with E-state index in [0.717, 1.165) is 28.1 Å². The Bertz CT molecular complexity index is 1620. The first kappa shape index (κ1) is 24.1. The number of anilines is 1. The van der Waals surface area contributed by atoms with Crippen LogP contribution in [0.15, 0.2) is 94.9 Å². The number of nitrogens with zero attached hydrogens (tertiary/aromatic N) is 3. The lowest BCUT2D eigenvalue weighted by Crippen LogP contribution is -2.39. The zero-order valence-corrected chi connectivity index (χ0v) is 20.4. The Morgan fingerprint density at radius 3 is 2.35 bits per heavy atom. The molecule has 0 fully saturated rings. The van der Waals surface area contributed by atoms with Crippen molar-refractivity contribution < 1.29 is 18.1 Å². The summed E-state index contributed by atoms with van der Waals surface area (Å²) >= 11 is 0. The van der Waals surface area contributed by atoms with E-state index in [0.29, 0.717) is 0 Å². The Labute approximate surface area is 213 Å². The predicted octanol–water partition coefficient (Wildman–Crippen LogP) is 4.19. The van der Waals surface area contributed by atoms with Gasteiger partial charge in [-0.15, -0.1) is 0 Å². The Kier molecular flexibility index (Phi) is 6.41. The second-order valence-corrected chi connectivity index (χ2v) is 10.4. The third-order valence-corrected chi connectivity index (χ3v) is 8.06. The monoisotopic (exact) mass is 514 g/mol. The highest BCUT2D eigenvalue weighted by Gasteiger charge is 2.27. The van der Waals surface area contributed by atoms with Crippen LogP contribution in [-0.2, 0) is 27.7 Å². The van der Waals surface area contributed by atoms with Crippen molar-refractivity contribution in [3.63, 3.8) is 0 Å². The molecule has 0 aliphatic heterocycles. The fourth-order valence-electron chi connectivity index (χ4n) is 4.50. The minimum Gasteiger partial charge on any atom is -0.271 e. The molecule has 0 heterocycles. The largest absolute Gasteiger partial charge is 0.271 e. The number of carbonyl (C=O) groups excluding carboxylic acids is 1. The van der Waals surface area contributed by atoms with E-state index < -0.39 is 27.4 Å². The minimum absolute atomic E-state index is 0.0162. The van der Waals surface area contributed by atoms with Crippen LogP contribution in [0.1, 0.15) is 16.7 Å². The van der Waals surface area contributed by atoms with Crippen LogP contribution >= 0.6 is 0 Å². The topological polar surface area (TPSA) is 122 Å². The zero-order chi connectivity index (χ0) is 26.0. The van der Waals surface area contributed by atoms with Gasteiger partial charge in [-0.25, -0.2) is 13.8 Å². The van der Waals surface area contributed by atoms with Gasteiger partial charge in [-0.1, -0.05) is 48.5 Å². The highest BCUT2D eigenvalue weighted by atomic mass is 32.2. The lowest BCUT2D eigenvalue weighted by atomic mass is 10.0. The summed E-state index contributed by atoms with van der Waals surface area (Å²) in [5, 5.41) is 17.4. The first-order valence-corrected chi connectivity index (χ1v) is 13.0. The molecule has 9 nitrogen and oxygen atoms in total. The Morgan fingerprint density at radius 2 is 1.65 bits per heavy atom. The van der Waals surface area contributed by atoms with E-state index in [4.69, 9.17) is 0 Å². The number of carbonyl (C=O) groups is 1. The summed E-state index contributed by atoms with van der Waals surface area (Å²) in [5.74, 6) is -0.667. The predicted molar refractivity (Wildman–Crippen MR) is 141 cm³/mol. The van der Waals surface area contributed by atoms with Gasteiger partial charge >= 0.3 is 0 Å². The number of non-ortho nitro benzene ring substituents is 1. The van der Waals surface area contributed by atoms with Crippen molar-refractivity contribution in [2.75, 3.05) is 10.8 Å². The Hall–Kier alpha value is -4.57. The van der Waals surface area contributed by atoms with Crippen LogP contribution in [0.2, 0.25) is 0 Å². The van der Waals surface area contributed by atoms with Gasteiger partial charge in [0.2, 0.25) is 0 Å². The van der Waals surface area contributed by atoms with Crippen LogP contribution in [0.4, 0.5) is 11.4 Å². The summed E-state index contributed by atoms with van der Waals surface area (Å²) < 4.78 is 27.6. The third kappa shape index (κ3) is 4.78. The van der Waals surface area contributed by atoms with Gasteiger partial charge in [0.05, 0.1) is 21.7 Å². The van der Waals surface area contributed by atoms with Gasteiger partial charge < -0.3 is 0 Å². The highest BCUT2D eigenvalue weighted by Crippen LogP contribution is 2.32. The average Bonchev–Trinajstić information content (AvgIpc) is 3.34. The molecular weight excluding hydrogens is 492 g/mol. The van der Waals surface area contributed by atoms with Crippen LogP contribution in [-0.4, -0.2) is 32.0 Å². The van der Waals surface area contributed by atoms with Crippen molar-refractivity contribution in [1.82, 2.24) is 5.43 Å². The fourth-order valence-corrected chi connectivity index (χ4v) is 5.94. The van der Waals surface area contributed by atoms with Crippen LogP contribution in [0, 0.1) is 10.1 Å². The molecule has 1 N–H and O–H groups in total. The van der Waals surface area contributed by atoms with Crippen molar-refractivity contribution in [2.45, 2.75) is 17.7 Å². The summed E-state index contributed by atoms with van der Waals surface area (Å²) in [6, 6.07) is 22.8. The molecule has 4 aromatic rings.